The number of carbonyl (C=O) groups excluding carboxylic acids is 5. The third kappa shape index (κ3) is 45.1. The highest BCUT2D eigenvalue weighted by Crippen LogP contribution is 2.33. The summed E-state index contributed by atoms with van der Waals surface area (Å²) in [6.45, 7) is 42.5. The van der Waals surface area contributed by atoms with Gasteiger partial charge in [-0.05, 0) is 345 Å². The van der Waals surface area contributed by atoms with Crippen molar-refractivity contribution in [3.63, 3.8) is 0 Å². The lowest BCUT2D eigenvalue weighted by Gasteiger charge is -2.22. The quantitative estimate of drug-likeness (QED) is 0.0316. The van der Waals surface area contributed by atoms with Crippen LogP contribution < -0.4 is 67.5 Å². The molecule has 0 saturated heterocycles. The number of benzene rings is 8. The van der Waals surface area contributed by atoms with Crippen molar-refractivity contribution in [1.29, 1.82) is 0 Å². The molecule has 2 heterocycles. The summed E-state index contributed by atoms with van der Waals surface area (Å²) in [6, 6.07) is 54.5. The summed E-state index contributed by atoms with van der Waals surface area (Å²) in [4.78, 5) is 58.3. The zero-order valence-electron chi connectivity index (χ0n) is 81.5. The molecule has 10 aromatic rings. The summed E-state index contributed by atoms with van der Waals surface area (Å²) in [5.74, 6) is 4.42. The molecule has 0 radical (unpaired) electrons. The van der Waals surface area contributed by atoms with E-state index in [4.69, 9.17) is 69.7 Å². The fourth-order valence-electron chi connectivity index (χ4n) is 11.2. The number of phenols is 3. The molecule has 0 bridgehead atoms. The first kappa shape index (κ1) is 114. The van der Waals surface area contributed by atoms with Gasteiger partial charge in [-0.2, -0.15) is 10.2 Å². The van der Waals surface area contributed by atoms with Crippen LogP contribution in [0.1, 0.15) is 252 Å². The highest BCUT2D eigenvalue weighted by atomic mass is 79.9. The zero-order chi connectivity index (χ0) is 99.8. The number of aromatic nitrogens is 4. The first-order valence-corrected chi connectivity index (χ1v) is 44.3. The number of ether oxygens (including phenoxy) is 10. The molecule has 0 saturated carbocycles. The van der Waals surface area contributed by atoms with E-state index >= 15 is 0 Å². The average molecular weight is 1960 g/mol. The van der Waals surface area contributed by atoms with Crippen molar-refractivity contribution >= 4 is 62.3 Å². The van der Waals surface area contributed by atoms with Gasteiger partial charge >= 0.3 is 30.5 Å². The van der Waals surface area contributed by atoms with E-state index < -0.39 is 58.5 Å². The topological polar surface area (TPSA) is 412 Å². The number of methoxy groups -OCH3 is 5. The largest absolute Gasteiger partial charge is 0.508 e. The molecule has 5 amide bonds. The fourth-order valence-corrected chi connectivity index (χ4v) is 11.8. The Labute approximate surface area is 796 Å². The maximum atomic E-state index is 11.9. The predicted molar refractivity (Wildman–Crippen MR) is 526 cm³/mol. The van der Waals surface area contributed by atoms with Gasteiger partial charge in [0.15, 0.2) is 0 Å². The van der Waals surface area contributed by atoms with E-state index in [-0.39, 0.29) is 65.6 Å². The molecule has 0 aliphatic heterocycles. The van der Waals surface area contributed by atoms with E-state index in [1.165, 1.54) is 0 Å². The molecule has 0 fully saturated rings. The van der Waals surface area contributed by atoms with Crippen molar-refractivity contribution in [3.05, 3.63) is 260 Å². The highest BCUT2D eigenvalue weighted by Gasteiger charge is 2.25. The van der Waals surface area contributed by atoms with Gasteiger partial charge in [-0.1, -0.05) is 72.8 Å². The van der Waals surface area contributed by atoms with Crippen LogP contribution in [0.2, 0.25) is 0 Å². The van der Waals surface area contributed by atoms with Crippen molar-refractivity contribution in [2.24, 2.45) is 17.2 Å². The minimum atomic E-state index is -0.522. The van der Waals surface area contributed by atoms with E-state index in [1.54, 1.807) is 106 Å². The molecule has 132 heavy (non-hydrogen) atoms. The van der Waals surface area contributed by atoms with Crippen molar-refractivity contribution in [1.82, 2.24) is 46.1 Å². The average Bonchev–Trinajstić information content (AvgIpc) is 1.52. The number of nitrogens with zero attached hydrogens (tertiary/aromatic N) is 4. The molecule has 0 spiro atoms. The number of aromatic hydroxyl groups is 3. The Kier molecular flexibility index (Phi) is 47.1. The fraction of sp³-hybridized carbons (Fsp3) is 0.410. The van der Waals surface area contributed by atoms with Crippen LogP contribution in [-0.2, 0) is 23.7 Å². The minimum absolute atomic E-state index is 0.000529. The Morgan fingerprint density at radius 3 is 0.871 bits per heavy atom. The summed E-state index contributed by atoms with van der Waals surface area (Å²) in [7, 11) is 8.13. The number of nitrogens with one attached hydrogen (secondary N) is 5. The summed E-state index contributed by atoms with van der Waals surface area (Å²) in [5, 5.41) is 50.1. The lowest BCUT2D eigenvalue weighted by Crippen LogP contribution is -2.34. The number of alkyl carbamates (subject to hydrolysis) is 5. The van der Waals surface area contributed by atoms with Crippen LogP contribution in [0.4, 0.5) is 24.0 Å². The van der Waals surface area contributed by atoms with Crippen LogP contribution in [0.5, 0.6) is 46.0 Å². The molecule has 2 aromatic heterocycles. The zero-order valence-corrected chi connectivity index (χ0v) is 84.7. The number of halogens is 2. The summed E-state index contributed by atoms with van der Waals surface area (Å²) < 4.78 is 57.2. The van der Waals surface area contributed by atoms with Crippen LogP contribution >= 0.6 is 31.9 Å². The molecule has 30 nitrogen and oxygen atoms in total. The number of phenolic OH excluding ortho intramolecular Hbond substituents is 3. The number of carbonyl (C=O) groups is 5. The second kappa shape index (κ2) is 54.6. The van der Waals surface area contributed by atoms with Crippen molar-refractivity contribution in [3.8, 4) is 57.4 Å². The molecular weight excluding hydrogens is 1820 g/mol. The van der Waals surface area contributed by atoms with E-state index in [9.17, 15) is 34.2 Å². The number of amides is 5. The SMILES string of the molecule is COc1cc([C@@H](C)N)ccc1-n1cccn1.COc1cc([C@@H](C)NC(=O)OC(C)(C)C)ccc1-n1cccn1.COc1cc([C@@H](C)NC(=O)OC(C)(C)C)ccc1Br.COc1cccc([C@@H](C)N)c1.COc1cccc([C@@H](C)NC(=O)OC(C)(C)C)c1.C[C@@H](N)c1cccc(O)c1.C[C@@H](NC(=O)OC(C)(C)C)c1ccc(Br)c(O)c1.C[C@@H](NC(=O)OC(C)(C)C)c1cccc(O)c1. The molecule has 0 aliphatic rings. The van der Waals surface area contributed by atoms with Gasteiger partial charge in [0.25, 0.3) is 0 Å². The van der Waals surface area contributed by atoms with E-state index in [0.29, 0.717) is 10.2 Å². The van der Waals surface area contributed by atoms with Gasteiger partial charge in [0.1, 0.15) is 85.4 Å². The van der Waals surface area contributed by atoms with E-state index in [0.717, 1.165) is 83.4 Å². The van der Waals surface area contributed by atoms with Crippen LogP contribution in [0.25, 0.3) is 11.4 Å². The summed E-state index contributed by atoms with van der Waals surface area (Å²) in [6.07, 6.45) is 4.94. The second-order valence-corrected chi connectivity index (χ2v) is 37.0. The molecule has 0 aliphatic carbocycles. The van der Waals surface area contributed by atoms with Gasteiger partial charge in [0, 0.05) is 42.9 Å². The van der Waals surface area contributed by atoms with E-state index in [2.05, 4.69) is 68.6 Å². The van der Waals surface area contributed by atoms with Crippen molar-refractivity contribution < 1.29 is 86.7 Å². The third-order valence-corrected chi connectivity index (χ3v) is 19.1. The van der Waals surface area contributed by atoms with Gasteiger partial charge in [0.05, 0.1) is 74.7 Å². The van der Waals surface area contributed by atoms with Gasteiger partial charge in [0.2, 0.25) is 0 Å². The summed E-state index contributed by atoms with van der Waals surface area (Å²) >= 11 is 6.60. The summed E-state index contributed by atoms with van der Waals surface area (Å²) in [5.41, 5.74) is 23.9. The Morgan fingerprint density at radius 1 is 0.318 bits per heavy atom. The van der Waals surface area contributed by atoms with Gasteiger partial charge in [-0.25, -0.2) is 33.3 Å². The van der Waals surface area contributed by atoms with Crippen molar-refractivity contribution in [2.45, 2.75) is 236 Å². The molecular formula is C100H140Br2N12O18. The van der Waals surface area contributed by atoms with E-state index in [1.807, 2.05) is 305 Å². The Bertz CT molecular complexity index is 5160. The Hall–Kier alpha value is -12.2. The predicted octanol–water partition coefficient (Wildman–Crippen LogP) is 22.5. The molecule has 8 aromatic carbocycles. The monoisotopic (exact) mass is 1950 g/mol. The first-order valence-electron chi connectivity index (χ1n) is 42.7. The highest BCUT2D eigenvalue weighted by molar-refractivity contribution is 9.11. The van der Waals surface area contributed by atoms with Gasteiger partial charge in [-0.15, -0.1) is 0 Å². The molecule has 0 unspecified atom stereocenters. The molecule has 722 valence electrons. The number of hydrogen-bond donors (Lipinski definition) is 11. The Morgan fingerprint density at radius 2 is 0.576 bits per heavy atom. The lowest BCUT2D eigenvalue weighted by atomic mass is 10.1. The number of rotatable bonds is 20. The van der Waals surface area contributed by atoms with Crippen molar-refractivity contribution in [2.75, 3.05) is 35.5 Å². The lowest BCUT2D eigenvalue weighted by molar-refractivity contribution is 0.0496. The number of nitrogens with two attached hydrogens (primary N) is 3. The molecule has 8 atom stereocenters. The Balaban J connectivity index is 0.000000392. The smallest absolute Gasteiger partial charge is 0.408 e. The first-order chi connectivity index (χ1) is 61.5. The third-order valence-electron chi connectivity index (χ3n) is 17.7. The second-order valence-electron chi connectivity index (χ2n) is 35.3. The van der Waals surface area contributed by atoms with Gasteiger partial charge < -0.3 is 106 Å². The van der Waals surface area contributed by atoms with Crippen LogP contribution in [0.3, 0.4) is 0 Å². The standard InChI is InChI=1S/C17H23N3O3.C14H20BrNO3.C14H21NO3.C13H18BrNO3.C13H19NO3.C12H15N3O.C9H13NO.C8H11NO/c1-12(19-16(21)23-17(2,3)4)13-7-8-14(15(11-13)22-5)20-10-6-9-18-20;1-9(16-13(17)19-14(2,3)4)10-6-7-11(15)12(8-10)18-5;1-10(15-13(16)18-14(2,3)4)11-7-6-8-12(9-11)17-5;1-8(15-12(17)18-13(2,3)4)9-5-6-10(14)11(16)7-9;1-9(10-6-5-7-11(15)8-10)14-12(16)17-13(2,3)4;1-9(13)10-4-5-11(12(8-10)16-2)15-7-3-6-14-15;1-7(10)8-4-3-5-9(6-8)11-2;1-6(9)7-3-2-4-8(10)5-7/h6-12H,1-5H3,(H,19,21);6-9H,1-5H3,(H,16,17);6-10H,1-5H3,(H,15,16);5-8,16H,1-4H3,(H,15,17);5-9,15H,1-4H3,(H,14,16);3-9H,13H2,1-2H3;3-7H,10H2,1-2H3;2-6,10H,9H2,1H3/t12-;9-;10-;8-;2*9-;7-;6-/m11111111/s1. The molecule has 14 N–H and O–H groups in total. The molecule has 32 heteroatoms. The maximum absolute atomic E-state index is 11.9. The normalized spacial score (nSPS) is 12.7. The maximum Gasteiger partial charge on any atom is 0.408 e. The minimum Gasteiger partial charge on any atom is -0.508 e. The number of hydrogen-bond acceptors (Lipinski definition) is 23. The van der Waals surface area contributed by atoms with Crippen LogP contribution in [0, 0.1) is 0 Å². The molecule has 10 rings (SSSR count). The van der Waals surface area contributed by atoms with Crippen LogP contribution in [0.15, 0.2) is 216 Å². The van der Waals surface area contributed by atoms with Crippen LogP contribution in [-0.4, -0.2) is 129 Å². The van der Waals surface area contributed by atoms with Gasteiger partial charge in [-0.3, -0.25) is 0 Å².